The highest BCUT2D eigenvalue weighted by Crippen LogP contribution is 2.39. The average molecular weight is 322 g/mol. The number of carbonyl (C=O) groups is 1. The van der Waals surface area contributed by atoms with E-state index in [0.717, 1.165) is 21.6 Å². The van der Waals surface area contributed by atoms with E-state index in [2.05, 4.69) is 43.3 Å². The molecule has 116 valence electrons. The molecule has 0 spiro atoms. The smallest absolute Gasteiger partial charge is 0.348 e. The molecule has 23 heavy (non-hydrogen) atoms. The molecular formula is C20H18O2S. The minimum atomic E-state index is -0.256. The Bertz CT molecular complexity index is 801. The lowest BCUT2D eigenvalue weighted by Gasteiger charge is -2.04. The zero-order chi connectivity index (χ0) is 16.2. The highest BCUT2D eigenvalue weighted by atomic mass is 32.1. The van der Waals surface area contributed by atoms with Crippen LogP contribution in [0.2, 0.25) is 0 Å². The van der Waals surface area contributed by atoms with Crippen molar-refractivity contribution < 1.29 is 9.53 Å². The highest BCUT2D eigenvalue weighted by Gasteiger charge is 2.17. The molecule has 0 fully saturated rings. The van der Waals surface area contributed by atoms with Gasteiger partial charge in [0.05, 0.1) is 6.61 Å². The van der Waals surface area contributed by atoms with Crippen LogP contribution in [0, 0.1) is 6.92 Å². The third-order valence-electron chi connectivity index (χ3n) is 3.61. The second-order valence-corrected chi connectivity index (χ2v) is 6.36. The van der Waals surface area contributed by atoms with Crippen molar-refractivity contribution in [2.45, 2.75) is 13.8 Å². The van der Waals surface area contributed by atoms with Gasteiger partial charge in [-0.05, 0) is 31.0 Å². The lowest BCUT2D eigenvalue weighted by atomic mass is 10.0. The molecule has 0 N–H and O–H groups in total. The summed E-state index contributed by atoms with van der Waals surface area (Å²) >= 11 is 1.49. The molecule has 0 aliphatic rings. The van der Waals surface area contributed by atoms with E-state index >= 15 is 0 Å². The van der Waals surface area contributed by atoms with Crippen LogP contribution in [0.15, 0.2) is 60.7 Å². The van der Waals surface area contributed by atoms with E-state index in [1.165, 1.54) is 16.9 Å². The molecule has 3 rings (SSSR count). The molecule has 0 saturated heterocycles. The van der Waals surface area contributed by atoms with E-state index in [1.807, 2.05) is 31.2 Å². The number of rotatable bonds is 4. The molecule has 0 atom stereocenters. The summed E-state index contributed by atoms with van der Waals surface area (Å²) in [5.41, 5.74) is 4.52. The van der Waals surface area contributed by atoms with E-state index in [0.29, 0.717) is 11.5 Å². The zero-order valence-electron chi connectivity index (χ0n) is 13.2. The fraction of sp³-hybridized carbons (Fsp3) is 0.150. The van der Waals surface area contributed by atoms with Gasteiger partial charge in [-0.25, -0.2) is 4.79 Å². The lowest BCUT2D eigenvalue weighted by molar-refractivity contribution is 0.0532. The normalized spacial score (nSPS) is 10.5. The van der Waals surface area contributed by atoms with E-state index < -0.39 is 0 Å². The van der Waals surface area contributed by atoms with Gasteiger partial charge in [0.25, 0.3) is 0 Å². The van der Waals surface area contributed by atoms with Gasteiger partial charge in [-0.3, -0.25) is 0 Å². The van der Waals surface area contributed by atoms with Gasteiger partial charge in [-0.2, -0.15) is 0 Å². The molecule has 2 nitrogen and oxygen atoms in total. The Balaban J connectivity index is 2.12. The molecular weight excluding hydrogens is 304 g/mol. The van der Waals surface area contributed by atoms with E-state index in [-0.39, 0.29) is 5.97 Å². The molecule has 3 heteroatoms. The Kier molecular flexibility index (Phi) is 4.58. The van der Waals surface area contributed by atoms with Gasteiger partial charge in [0.2, 0.25) is 0 Å². The molecule has 2 aromatic carbocycles. The Morgan fingerprint density at radius 3 is 2.35 bits per heavy atom. The summed E-state index contributed by atoms with van der Waals surface area (Å²) in [5, 5.41) is 0. The molecule has 0 aliphatic heterocycles. The van der Waals surface area contributed by atoms with Crippen LogP contribution in [0.5, 0.6) is 0 Å². The predicted molar refractivity (Wildman–Crippen MR) is 95.9 cm³/mol. The number of thiophene rings is 1. The molecule has 0 bridgehead atoms. The van der Waals surface area contributed by atoms with Crippen molar-refractivity contribution in [1.29, 1.82) is 0 Å². The van der Waals surface area contributed by atoms with Crippen molar-refractivity contribution in [3.05, 3.63) is 71.1 Å². The number of hydrogen-bond acceptors (Lipinski definition) is 3. The molecule has 0 unspecified atom stereocenters. The van der Waals surface area contributed by atoms with Crippen LogP contribution in [0.1, 0.15) is 22.2 Å². The van der Waals surface area contributed by atoms with Crippen LogP contribution in [0.25, 0.3) is 21.6 Å². The number of hydrogen-bond donors (Lipinski definition) is 0. The maximum Gasteiger partial charge on any atom is 0.348 e. The molecule has 3 aromatic rings. The predicted octanol–water partition coefficient (Wildman–Crippen LogP) is 5.57. The lowest BCUT2D eigenvalue weighted by Crippen LogP contribution is -2.01. The van der Waals surface area contributed by atoms with Crippen LogP contribution in [0.3, 0.4) is 0 Å². The first-order valence-electron chi connectivity index (χ1n) is 7.62. The van der Waals surface area contributed by atoms with Crippen molar-refractivity contribution in [2.75, 3.05) is 6.61 Å². The summed E-state index contributed by atoms with van der Waals surface area (Å²) in [6.07, 6.45) is 0. The Morgan fingerprint density at radius 1 is 1.00 bits per heavy atom. The van der Waals surface area contributed by atoms with Gasteiger partial charge in [0.1, 0.15) is 4.88 Å². The molecule has 1 heterocycles. The van der Waals surface area contributed by atoms with Crippen LogP contribution < -0.4 is 0 Å². The zero-order valence-corrected chi connectivity index (χ0v) is 14.0. The summed E-state index contributed by atoms with van der Waals surface area (Å²) < 4.78 is 5.16. The summed E-state index contributed by atoms with van der Waals surface area (Å²) in [7, 11) is 0. The first-order valence-corrected chi connectivity index (χ1v) is 8.44. The maximum absolute atomic E-state index is 12.1. The number of carbonyl (C=O) groups excluding carboxylic acids is 1. The van der Waals surface area contributed by atoms with Gasteiger partial charge in [0.15, 0.2) is 0 Å². The Labute approximate surface area is 140 Å². The number of benzene rings is 2. The van der Waals surface area contributed by atoms with E-state index in [9.17, 15) is 4.79 Å². The summed E-state index contributed by atoms with van der Waals surface area (Å²) in [4.78, 5) is 13.9. The van der Waals surface area contributed by atoms with Crippen molar-refractivity contribution in [3.63, 3.8) is 0 Å². The summed E-state index contributed by atoms with van der Waals surface area (Å²) in [6.45, 7) is 4.28. The van der Waals surface area contributed by atoms with Gasteiger partial charge in [-0.1, -0.05) is 60.2 Å². The third kappa shape index (κ3) is 3.35. The Morgan fingerprint density at radius 2 is 1.70 bits per heavy atom. The van der Waals surface area contributed by atoms with Crippen LogP contribution in [-0.2, 0) is 4.74 Å². The monoisotopic (exact) mass is 322 g/mol. The molecule has 0 radical (unpaired) electrons. The molecule has 0 amide bonds. The molecule has 0 saturated carbocycles. The minimum absolute atomic E-state index is 0.256. The second kappa shape index (κ2) is 6.80. The van der Waals surface area contributed by atoms with Crippen molar-refractivity contribution >= 4 is 17.3 Å². The van der Waals surface area contributed by atoms with Gasteiger partial charge < -0.3 is 4.74 Å². The quantitative estimate of drug-likeness (QED) is 0.587. The number of aryl methyl sites for hydroxylation is 1. The molecule has 0 aliphatic carbocycles. The third-order valence-corrected chi connectivity index (χ3v) is 4.77. The van der Waals surface area contributed by atoms with Crippen LogP contribution in [0.4, 0.5) is 0 Å². The van der Waals surface area contributed by atoms with Crippen molar-refractivity contribution in [1.82, 2.24) is 0 Å². The topological polar surface area (TPSA) is 26.3 Å². The van der Waals surface area contributed by atoms with Gasteiger partial charge >= 0.3 is 5.97 Å². The van der Waals surface area contributed by atoms with Gasteiger partial charge in [-0.15, -0.1) is 11.3 Å². The highest BCUT2D eigenvalue weighted by molar-refractivity contribution is 7.18. The minimum Gasteiger partial charge on any atom is -0.462 e. The standard InChI is InChI=1S/C20H18O2S/c1-3-22-20(21)18-13-17(15-11-9-14(2)10-12-15)19(23-18)16-7-5-4-6-8-16/h4-13H,3H2,1-2H3. The summed E-state index contributed by atoms with van der Waals surface area (Å²) in [6, 6.07) is 20.5. The fourth-order valence-corrected chi connectivity index (χ4v) is 3.52. The maximum atomic E-state index is 12.1. The van der Waals surface area contributed by atoms with Crippen molar-refractivity contribution in [3.8, 4) is 21.6 Å². The fourth-order valence-electron chi connectivity index (χ4n) is 2.45. The SMILES string of the molecule is CCOC(=O)c1cc(-c2ccc(C)cc2)c(-c2ccccc2)s1. The molecule has 1 aromatic heterocycles. The first-order chi connectivity index (χ1) is 11.2. The first kappa shape index (κ1) is 15.5. The number of ether oxygens (including phenoxy) is 1. The van der Waals surface area contributed by atoms with E-state index in [4.69, 9.17) is 4.74 Å². The van der Waals surface area contributed by atoms with Crippen LogP contribution in [-0.4, -0.2) is 12.6 Å². The number of esters is 1. The van der Waals surface area contributed by atoms with Crippen molar-refractivity contribution in [2.24, 2.45) is 0 Å². The summed E-state index contributed by atoms with van der Waals surface area (Å²) in [5.74, 6) is -0.256. The Hall–Kier alpha value is -2.39. The average Bonchev–Trinajstić information content (AvgIpc) is 3.02. The van der Waals surface area contributed by atoms with Gasteiger partial charge in [0, 0.05) is 10.4 Å². The second-order valence-electron chi connectivity index (χ2n) is 5.31. The van der Waals surface area contributed by atoms with E-state index in [1.54, 1.807) is 0 Å². The largest absolute Gasteiger partial charge is 0.462 e. The van der Waals surface area contributed by atoms with Crippen LogP contribution >= 0.6 is 11.3 Å².